The third-order valence-electron chi connectivity index (χ3n) is 3.95. The van der Waals surface area contributed by atoms with Gasteiger partial charge in [0.25, 0.3) is 0 Å². The van der Waals surface area contributed by atoms with Gasteiger partial charge < -0.3 is 10.6 Å². The summed E-state index contributed by atoms with van der Waals surface area (Å²) in [6.45, 7) is 7.03. The zero-order valence-electron chi connectivity index (χ0n) is 9.60. The van der Waals surface area contributed by atoms with E-state index in [0.717, 1.165) is 6.04 Å². The molecule has 0 aromatic carbocycles. The molecule has 0 bridgehead atoms. The highest BCUT2D eigenvalue weighted by Gasteiger charge is 2.37. The van der Waals surface area contributed by atoms with Crippen LogP contribution in [0.5, 0.6) is 0 Å². The van der Waals surface area contributed by atoms with E-state index in [1.807, 2.05) is 0 Å². The summed E-state index contributed by atoms with van der Waals surface area (Å²) >= 11 is 0. The van der Waals surface area contributed by atoms with Crippen LogP contribution in [0, 0.1) is 5.41 Å². The van der Waals surface area contributed by atoms with Crippen LogP contribution in [0.1, 0.15) is 46.0 Å². The summed E-state index contributed by atoms with van der Waals surface area (Å²) in [6, 6.07) is 1.44. The summed E-state index contributed by atoms with van der Waals surface area (Å²) in [5.41, 5.74) is 0.690. The minimum atomic E-state index is 0.649. The molecule has 2 fully saturated rings. The van der Waals surface area contributed by atoms with E-state index >= 15 is 0 Å². The SMILES string of the molecule is CC(C)NC1CCC2(CCNC2)CC1. The second-order valence-electron chi connectivity index (χ2n) is 5.52. The van der Waals surface area contributed by atoms with Crippen molar-refractivity contribution in [3.63, 3.8) is 0 Å². The Balaban J connectivity index is 1.79. The lowest BCUT2D eigenvalue weighted by Gasteiger charge is -2.37. The van der Waals surface area contributed by atoms with E-state index in [2.05, 4.69) is 24.5 Å². The lowest BCUT2D eigenvalue weighted by atomic mass is 9.72. The Morgan fingerprint density at radius 2 is 1.93 bits per heavy atom. The molecule has 1 heterocycles. The lowest BCUT2D eigenvalue weighted by molar-refractivity contribution is 0.180. The van der Waals surface area contributed by atoms with Crippen molar-refractivity contribution in [1.82, 2.24) is 10.6 Å². The summed E-state index contributed by atoms with van der Waals surface area (Å²) in [6.07, 6.45) is 7.07. The Labute approximate surface area is 87.8 Å². The fourth-order valence-corrected chi connectivity index (χ4v) is 3.09. The normalized spacial score (nSPS) is 38.4. The van der Waals surface area contributed by atoms with Gasteiger partial charge in [0.2, 0.25) is 0 Å². The van der Waals surface area contributed by atoms with E-state index in [1.165, 1.54) is 45.2 Å². The second-order valence-corrected chi connectivity index (χ2v) is 5.52. The topological polar surface area (TPSA) is 24.1 Å². The first kappa shape index (κ1) is 10.4. The highest BCUT2D eigenvalue weighted by atomic mass is 15.0. The predicted octanol–water partition coefficient (Wildman–Crippen LogP) is 1.91. The molecule has 0 aromatic heterocycles. The van der Waals surface area contributed by atoms with E-state index in [9.17, 15) is 0 Å². The smallest absolute Gasteiger partial charge is 0.00698 e. The summed E-state index contributed by atoms with van der Waals surface area (Å²) in [5.74, 6) is 0. The van der Waals surface area contributed by atoms with E-state index in [-0.39, 0.29) is 0 Å². The third-order valence-corrected chi connectivity index (χ3v) is 3.95. The van der Waals surface area contributed by atoms with Gasteiger partial charge in [-0.05, 0) is 44.1 Å². The van der Waals surface area contributed by atoms with Crippen LogP contribution in [0.25, 0.3) is 0 Å². The van der Waals surface area contributed by atoms with Gasteiger partial charge in [0, 0.05) is 18.6 Å². The molecule has 0 radical (unpaired) electrons. The van der Waals surface area contributed by atoms with Crippen LogP contribution in [-0.2, 0) is 0 Å². The molecule has 0 amide bonds. The van der Waals surface area contributed by atoms with Gasteiger partial charge >= 0.3 is 0 Å². The molecule has 0 aromatic rings. The lowest BCUT2D eigenvalue weighted by Crippen LogP contribution is -2.41. The Bertz CT molecular complexity index is 173. The molecule has 1 saturated carbocycles. The molecule has 2 heteroatoms. The Morgan fingerprint density at radius 3 is 2.43 bits per heavy atom. The van der Waals surface area contributed by atoms with Crippen LogP contribution in [0.15, 0.2) is 0 Å². The van der Waals surface area contributed by atoms with Crippen molar-refractivity contribution in [2.24, 2.45) is 5.41 Å². The van der Waals surface area contributed by atoms with Crippen molar-refractivity contribution in [3.8, 4) is 0 Å². The molecule has 1 saturated heterocycles. The van der Waals surface area contributed by atoms with Crippen molar-refractivity contribution >= 4 is 0 Å². The van der Waals surface area contributed by atoms with Gasteiger partial charge in [-0.15, -0.1) is 0 Å². The van der Waals surface area contributed by atoms with Crippen LogP contribution in [0.2, 0.25) is 0 Å². The average molecular weight is 196 g/mol. The monoisotopic (exact) mass is 196 g/mol. The number of nitrogens with one attached hydrogen (secondary N) is 2. The van der Waals surface area contributed by atoms with E-state index in [4.69, 9.17) is 0 Å². The van der Waals surface area contributed by atoms with E-state index < -0.39 is 0 Å². The zero-order valence-corrected chi connectivity index (χ0v) is 9.60. The second kappa shape index (κ2) is 4.19. The molecule has 14 heavy (non-hydrogen) atoms. The molecular formula is C12H24N2. The summed E-state index contributed by atoms with van der Waals surface area (Å²) in [4.78, 5) is 0. The molecule has 1 aliphatic carbocycles. The molecule has 2 aliphatic rings. The van der Waals surface area contributed by atoms with Crippen molar-refractivity contribution < 1.29 is 0 Å². The maximum Gasteiger partial charge on any atom is 0.00698 e. The fourth-order valence-electron chi connectivity index (χ4n) is 3.09. The molecule has 2 N–H and O–H groups in total. The van der Waals surface area contributed by atoms with Gasteiger partial charge in [-0.3, -0.25) is 0 Å². The van der Waals surface area contributed by atoms with E-state index in [1.54, 1.807) is 0 Å². The molecule has 1 aliphatic heterocycles. The Hall–Kier alpha value is -0.0800. The van der Waals surface area contributed by atoms with Crippen LogP contribution >= 0.6 is 0 Å². The quantitative estimate of drug-likeness (QED) is 0.705. The Kier molecular flexibility index (Phi) is 3.13. The van der Waals surface area contributed by atoms with Gasteiger partial charge in [-0.2, -0.15) is 0 Å². The first-order chi connectivity index (χ1) is 6.70. The maximum absolute atomic E-state index is 3.67. The van der Waals surface area contributed by atoms with Gasteiger partial charge in [0.15, 0.2) is 0 Å². The largest absolute Gasteiger partial charge is 0.316 e. The van der Waals surface area contributed by atoms with Crippen molar-refractivity contribution in [3.05, 3.63) is 0 Å². The first-order valence-electron chi connectivity index (χ1n) is 6.17. The minimum Gasteiger partial charge on any atom is -0.316 e. The zero-order chi connectivity index (χ0) is 10.0. The molecule has 82 valence electrons. The van der Waals surface area contributed by atoms with Crippen LogP contribution < -0.4 is 10.6 Å². The molecular weight excluding hydrogens is 172 g/mol. The summed E-state index contributed by atoms with van der Waals surface area (Å²) in [7, 11) is 0. The summed E-state index contributed by atoms with van der Waals surface area (Å²) < 4.78 is 0. The average Bonchev–Trinajstić information content (AvgIpc) is 2.58. The molecule has 0 atom stereocenters. The number of rotatable bonds is 2. The molecule has 2 rings (SSSR count). The maximum atomic E-state index is 3.67. The molecule has 1 spiro atoms. The van der Waals surface area contributed by atoms with Crippen molar-refractivity contribution in [2.75, 3.05) is 13.1 Å². The van der Waals surface area contributed by atoms with Crippen LogP contribution in [-0.4, -0.2) is 25.2 Å². The third kappa shape index (κ3) is 2.29. The fraction of sp³-hybridized carbons (Fsp3) is 1.00. The van der Waals surface area contributed by atoms with Gasteiger partial charge in [-0.25, -0.2) is 0 Å². The van der Waals surface area contributed by atoms with Crippen molar-refractivity contribution in [1.29, 1.82) is 0 Å². The molecule has 2 nitrogen and oxygen atoms in total. The van der Waals surface area contributed by atoms with Gasteiger partial charge in [0.05, 0.1) is 0 Å². The van der Waals surface area contributed by atoms with Crippen LogP contribution in [0.4, 0.5) is 0 Å². The highest BCUT2D eigenvalue weighted by Crippen LogP contribution is 2.40. The number of hydrogen-bond donors (Lipinski definition) is 2. The highest BCUT2D eigenvalue weighted by molar-refractivity contribution is 4.93. The first-order valence-corrected chi connectivity index (χ1v) is 6.17. The summed E-state index contributed by atoms with van der Waals surface area (Å²) in [5, 5.41) is 7.19. The standard InChI is InChI=1S/C12H24N2/c1-10(2)14-11-3-5-12(6-4-11)7-8-13-9-12/h10-11,13-14H,3-9H2,1-2H3. The number of hydrogen-bond acceptors (Lipinski definition) is 2. The Morgan fingerprint density at radius 1 is 1.21 bits per heavy atom. The predicted molar refractivity (Wildman–Crippen MR) is 60.4 cm³/mol. The van der Waals surface area contributed by atoms with Gasteiger partial charge in [0.1, 0.15) is 0 Å². The van der Waals surface area contributed by atoms with E-state index in [0.29, 0.717) is 11.5 Å². The van der Waals surface area contributed by atoms with Crippen molar-refractivity contribution in [2.45, 2.75) is 58.0 Å². The van der Waals surface area contributed by atoms with Gasteiger partial charge in [-0.1, -0.05) is 13.8 Å². The minimum absolute atomic E-state index is 0.649. The van der Waals surface area contributed by atoms with Crippen LogP contribution in [0.3, 0.4) is 0 Å². The molecule has 0 unspecified atom stereocenters.